The standard InChI is InChI=1S/C25H21F2N2O2.BrH/c1-30-20-13-9-19(10-14-20)29-23(18-6-11-21(12-7-18)31-25(26)27)16-28-22-5-3-2-4-17(22)8-15-24(28)29;/h2-7,9-14,16,25H,8,15H2,1H3;1H/q+1;/p-1. The molecule has 0 bridgehead atoms. The SMILES string of the molecule is COc1ccc(-n2c(-c3ccc(OC(F)F)cc3)c[n+]3c2CCc2ccccc2-3)cc1.[Br-]. The zero-order valence-electron chi connectivity index (χ0n) is 17.3. The van der Waals surface area contributed by atoms with Crippen molar-refractivity contribution in [3.8, 4) is 34.1 Å². The van der Waals surface area contributed by atoms with Crippen LogP contribution in [0.4, 0.5) is 8.78 Å². The fourth-order valence-electron chi connectivity index (χ4n) is 4.18. The maximum atomic E-state index is 12.5. The lowest BCUT2D eigenvalue weighted by Crippen LogP contribution is -3.00. The van der Waals surface area contributed by atoms with E-state index in [1.54, 1.807) is 19.2 Å². The number of benzene rings is 3. The van der Waals surface area contributed by atoms with E-state index in [1.165, 1.54) is 5.56 Å². The van der Waals surface area contributed by atoms with Gasteiger partial charge in [-0.3, -0.25) is 0 Å². The quantitative estimate of drug-likeness (QED) is 0.394. The molecule has 0 fully saturated rings. The number of aromatic nitrogens is 2. The first kappa shape index (κ1) is 22.0. The Balaban J connectivity index is 0.00000245. The number of para-hydroxylation sites is 1. The maximum absolute atomic E-state index is 12.5. The summed E-state index contributed by atoms with van der Waals surface area (Å²) in [6.45, 7) is -2.84. The van der Waals surface area contributed by atoms with Gasteiger partial charge in [-0.2, -0.15) is 17.9 Å². The second kappa shape index (κ2) is 9.12. The number of nitrogens with zero attached hydrogens (tertiary/aromatic N) is 2. The molecule has 7 heteroatoms. The highest BCUT2D eigenvalue weighted by Crippen LogP contribution is 2.30. The summed E-state index contributed by atoms with van der Waals surface area (Å²) >= 11 is 0. The summed E-state index contributed by atoms with van der Waals surface area (Å²) < 4.78 is 39.4. The Morgan fingerprint density at radius 3 is 2.25 bits per heavy atom. The van der Waals surface area contributed by atoms with Crippen molar-refractivity contribution in [3.63, 3.8) is 0 Å². The number of ether oxygens (including phenoxy) is 2. The average molecular weight is 499 g/mol. The summed E-state index contributed by atoms with van der Waals surface area (Å²) in [5.41, 5.74) is 5.36. The normalized spacial score (nSPS) is 12.0. The maximum Gasteiger partial charge on any atom is 0.387 e. The summed E-state index contributed by atoms with van der Waals surface area (Å²) in [6.07, 6.45) is 3.95. The van der Waals surface area contributed by atoms with Crippen LogP contribution in [-0.2, 0) is 12.8 Å². The number of imidazole rings is 1. The van der Waals surface area contributed by atoms with Gasteiger partial charge >= 0.3 is 6.61 Å². The third kappa shape index (κ3) is 4.00. The first-order chi connectivity index (χ1) is 15.1. The van der Waals surface area contributed by atoms with Crippen LogP contribution in [0.5, 0.6) is 11.5 Å². The van der Waals surface area contributed by atoms with Crippen LogP contribution in [0.15, 0.2) is 79.0 Å². The molecule has 1 aromatic heterocycles. The van der Waals surface area contributed by atoms with Gasteiger partial charge in [-0.05, 0) is 66.6 Å². The molecule has 1 aliphatic heterocycles. The molecule has 5 rings (SSSR count). The van der Waals surface area contributed by atoms with Crippen molar-refractivity contribution in [2.75, 3.05) is 7.11 Å². The van der Waals surface area contributed by atoms with Crippen LogP contribution in [0.25, 0.3) is 22.6 Å². The number of fused-ring (bicyclic) bond motifs is 3. The summed E-state index contributed by atoms with van der Waals surface area (Å²) in [6, 6.07) is 23.1. The van der Waals surface area contributed by atoms with Crippen LogP contribution < -0.4 is 31.0 Å². The predicted octanol–water partition coefficient (Wildman–Crippen LogP) is 2.13. The molecule has 0 spiro atoms. The van der Waals surface area contributed by atoms with Gasteiger partial charge in [-0.1, -0.05) is 18.2 Å². The minimum Gasteiger partial charge on any atom is -1.00 e. The Labute approximate surface area is 195 Å². The number of rotatable bonds is 5. The Hall–Kier alpha value is -3.19. The van der Waals surface area contributed by atoms with Crippen LogP contribution in [0.1, 0.15) is 11.4 Å². The second-order valence-electron chi connectivity index (χ2n) is 7.37. The fraction of sp³-hybridized carbons (Fsp3) is 0.160. The molecule has 32 heavy (non-hydrogen) atoms. The molecule has 164 valence electrons. The van der Waals surface area contributed by atoms with E-state index in [-0.39, 0.29) is 22.7 Å². The van der Waals surface area contributed by atoms with Gasteiger partial charge in [-0.25, -0.2) is 0 Å². The van der Waals surface area contributed by atoms with Gasteiger partial charge in [0.05, 0.1) is 13.5 Å². The topological polar surface area (TPSA) is 27.3 Å². The molecule has 0 radical (unpaired) electrons. The van der Waals surface area contributed by atoms with E-state index in [4.69, 9.17) is 4.74 Å². The molecule has 0 aliphatic carbocycles. The van der Waals surface area contributed by atoms with Crippen LogP contribution in [-0.4, -0.2) is 18.3 Å². The van der Waals surface area contributed by atoms with Crippen molar-refractivity contribution in [2.45, 2.75) is 19.5 Å². The number of methoxy groups -OCH3 is 1. The first-order valence-corrected chi connectivity index (χ1v) is 10.1. The van der Waals surface area contributed by atoms with E-state index in [0.717, 1.165) is 47.0 Å². The van der Waals surface area contributed by atoms with Crippen molar-refractivity contribution in [3.05, 3.63) is 90.4 Å². The molecule has 0 saturated heterocycles. The molecule has 0 atom stereocenters. The van der Waals surface area contributed by atoms with Gasteiger partial charge in [0.25, 0.3) is 5.82 Å². The van der Waals surface area contributed by atoms with Gasteiger partial charge in [-0.15, -0.1) is 0 Å². The molecule has 3 aromatic carbocycles. The van der Waals surface area contributed by atoms with Gasteiger partial charge in [0.15, 0.2) is 5.69 Å². The van der Waals surface area contributed by atoms with Crippen molar-refractivity contribution < 1.29 is 39.8 Å². The van der Waals surface area contributed by atoms with E-state index in [0.29, 0.717) is 0 Å². The second-order valence-corrected chi connectivity index (χ2v) is 7.37. The highest BCUT2D eigenvalue weighted by Gasteiger charge is 2.31. The lowest BCUT2D eigenvalue weighted by atomic mass is 10.0. The van der Waals surface area contributed by atoms with E-state index in [2.05, 4.69) is 38.3 Å². The highest BCUT2D eigenvalue weighted by molar-refractivity contribution is 5.63. The van der Waals surface area contributed by atoms with Gasteiger partial charge in [0.2, 0.25) is 0 Å². The number of alkyl halides is 2. The summed E-state index contributed by atoms with van der Waals surface area (Å²) in [7, 11) is 1.65. The molecule has 0 N–H and O–H groups in total. The van der Waals surface area contributed by atoms with Crippen LogP contribution >= 0.6 is 0 Å². The smallest absolute Gasteiger partial charge is 0.387 e. The zero-order valence-corrected chi connectivity index (χ0v) is 18.9. The molecule has 0 unspecified atom stereocenters. The molecule has 0 saturated carbocycles. The molecule has 4 aromatic rings. The third-order valence-electron chi connectivity index (χ3n) is 5.60. The largest absolute Gasteiger partial charge is 1.00 e. The lowest BCUT2D eigenvalue weighted by Gasteiger charge is -2.14. The minimum atomic E-state index is -2.84. The molecule has 2 heterocycles. The molecular formula is C25H21BrF2N2O2. The van der Waals surface area contributed by atoms with Crippen molar-refractivity contribution in [1.82, 2.24) is 4.57 Å². The number of halogens is 3. The van der Waals surface area contributed by atoms with E-state index in [9.17, 15) is 8.78 Å². The predicted molar refractivity (Wildman–Crippen MR) is 113 cm³/mol. The summed E-state index contributed by atoms with van der Waals surface area (Å²) in [4.78, 5) is 0. The Bertz CT molecular complexity index is 1220. The van der Waals surface area contributed by atoms with Gasteiger partial charge in [0.1, 0.15) is 29.1 Å². The van der Waals surface area contributed by atoms with Crippen LogP contribution in [0.2, 0.25) is 0 Å². The molecule has 4 nitrogen and oxygen atoms in total. The Morgan fingerprint density at radius 2 is 1.56 bits per heavy atom. The van der Waals surface area contributed by atoms with Gasteiger partial charge < -0.3 is 26.5 Å². The zero-order chi connectivity index (χ0) is 21.4. The third-order valence-corrected chi connectivity index (χ3v) is 5.60. The highest BCUT2D eigenvalue weighted by atomic mass is 79.9. The van der Waals surface area contributed by atoms with E-state index in [1.807, 2.05) is 42.5 Å². The number of hydrogen-bond donors (Lipinski definition) is 0. The first-order valence-electron chi connectivity index (χ1n) is 10.1. The molecule has 1 aliphatic rings. The van der Waals surface area contributed by atoms with Crippen molar-refractivity contribution in [2.24, 2.45) is 0 Å². The molecular weight excluding hydrogens is 478 g/mol. The van der Waals surface area contributed by atoms with E-state index >= 15 is 0 Å². The van der Waals surface area contributed by atoms with Crippen LogP contribution in [0, 0.1) is 0 Å². The van der Waals surface area contributed by atoms with Crippen molar-refractivity contribution in [1.29, 1.82) is 0 Å². The number of hydrogen-bond acceptors (Lipinski definition) is 2. The minimum absolute atomic E-state index is 0. The lowest BCUT2D eigenvalue weighted by molar-refractivity contribution is -0.606. The monoisotopic (exact) mass is 498 g/mol. The van der Waals surface area contributed by atoms with Gasteiger partial charge in [0, 0.05) is 5.56 Å². The average Bonchev–Trinajstić information content (AvgIpc) is 3.19. The summed E-state index contributed by atoms with van der Waals surface area (Å²) in [5, 5.41) is 0. The number of aryl methyl sites for hydroxylation is 1. The Kier molecular flexibility index (Phi) is 6.28. The van der Waals surface area contributed by atoms with Crippen LogP contribution in [0.3, 0.4) is 0 Å². The Morgan fingerprint density at radius 1 is 0.875 bits per heavy atom. The molecule has 0 amide bonds. The fourth-order valence-corrected chi connectivity index (χ4v) is 4.18. The summed E-state index contributed by atoms with van der Waals surface area (Å²) in [5.74, 6) is 2.09. The van der Waals surface area contributed by atoms with E-state index < -0.39 is 6.61 Å². The van der Waals surface area contributed by atoms with Crippen molar-refractivity contribution >= 4 is 0 Å².